The molecule has 0 radical (unpaired) electrons. The number of nitrogens with one attached hydrogen (secondary N) is 1. The third kappa shape index (κ3) is 3.28. The highest BCUT2D eigenvalue weighted by Crippen LogP contribution is 2.37. The Kier molecular flexibility index (Phi) is 4.32. The molecule has 0 aliphatic heterocycles. The maximum Gasteiger partial charge on any atom is 0.261 e. The van der Waals surface area contributed by atoms with Crippen molar-refractivity contribution in [1.29, 1.82) is 0 Å². The lowest BCUT2D eigenvalue weighted by Gasteiger charge is -2.14. The van der Waals surface area contributed by atoms with Gasteiger partial charge in [-0.3, -0.25) is 9.52 Å². The molecule has 2 aromatic carbocycles. The molecule has 0 saturated heterocycles. The summed E-state index contributed by atoms with van der Waals surface area (Å²) >= 11 is 0. The van der Waals surface area contributed by atoms with Gasteiger partial charge in [-0.05, 0) is 50.1 Å². The van der Waals surface area contributed by atoms with E-state index >= 15 is 0 Å². The molecule has 2 aromatic rings. The van der Waals surface area contributed by atoms with Gasteiger partial charge in [0.05, 0.1) is 4.90 Å². The van der Waals surface area contributed by atoms with Crippen LogP contribution in [0.2, 0.25) is 0 Å². The van der Waals surface area contributed by atoms with Crippen molar-refractivity contribution in [2.24, 2.45) is 0 Å². The Balaban J connectivity index is 1.90. The Hall–Kier alpha value is -2.34. The van der Waals surface area contributed by atoms with Crippen LogP contribution in [0, 0.1) is 6.92 Å². The van der Waals surface area contributed by atoms with Crippen LogP contribution < -0.4 is 4.72 Å². The van der Waals surface area contributed by atoms with E-state index in [1.54, 1.807) is 30.3 Å². The molecule has 1 aliphatic carbocycles. The fourth-order valence-corrected chi connectivity index (χ4v) is 4.02. The first kappa shape index (κ1) is 16.5. The Morgan fingerprint density at radius 1 is 1.12 bits per heavy atom. The van der Waals surface area contributed by atoms with E-state index in [-0.39, 0.29) is 22.3 Å². The molecule has 0 amide bonds. The van der Waals surface area contributed by atoms with Crippen LogP contribution in [0.3, 0.4) is 0 Å². The first-order valence-corrected chi connectivity index (χ1v) is 9.30. The molecule has 1 aliphatic rings. The maximum atomic E-state index is 12.5. The summed E-state index contributed by atoms with van der Waals surface area (Å²) in [6.07, 6.45) is 1.98. The van der Waals surface area contributed by atoms with E-state index in [9.17, 15) is 18.3 Å². The zero-order valence-corrected chi connectivity index (χ0v) is 14.1. The van der Waals surface area contributed by atoms with E-state index < -0.39 is 10.0 Å². The molecule has 3 rings (SSSR count). The molecular weight excluding hydrogens is 326 g/mol. The number of aromatic hydroxyl groups is 1. The minimum absolute atomic E-state index is 0.0218. The number of hydrogen-bond donors (Lipinski definition) is 2. The van der Waals surface area contributed by atoms with Gasteiger partial charge in [-0.25, -0.2) is 8.42 Å². The number of rotatable bonds is 4. The van der Waals surface area contributed by atoms with E-state index in [1.165, 1.54) is 12.1 Å². The molecule has 6 heteroatoms. The molecule has 1 fully saturated rings. The summed E-state index contributed by atoms with van der Waals surface area (Å²) in [5.74, 6) is -0.244. The van der Waals surface area contributed by atoms with Gasteiger partial charge >= 0.3 is 0 Å². The summed E-state index contributed by atoms with van der Waals surface area (Å²) in [6.45, 7) is 1.88. The number of Topliss-reactive ketones (excluding diaryl/α,β-unsaturated/α-hetero) is 1. The van der Waals surface area contributed by atoms with E-state index in [2.05, 4.69) is 4.72 Å². The fraction of sp³-hybridized carbons (Fsp3) is 0.278. The fourth-order valence-electron chi connectivity index (χ4n) is 2.97. The van der Waals surface area contributed by atoms with Crippen LogP contribution in [0.5, 0.6) is 5.75 Å². The number of anilines is 1. The average Bonchev–Trinajstić information content (AvgIpc) is 2.95. The summed E-state index contributed by atoms with van der Waals surface area (Å²) in [5.41, 5.74) is 1.80. The van der Waals surface area contributed by atoms with Gasteiger partial charge in [0.25, 0.3) is 10.0 Å². The highest BCUT2D eigenvalue weighted by Gasteiger charge is 2.28. The van der Waals surface area contributed by atoms with Crippen LogP contribution in [-0.2, 0) is 14.8 Å². The maximum absolute atomic E-state index is 12.5. The second-order valence-corrected chi connectivity index (χ2v) is 7.79. The standard InChI is InChI=1S/C18H19NO4S/c1-12-5-8-14(9-6-12)24(22,23)19-13-7-10-18(21)16(11-13)15-3-2-4-17(15)20/h5-11,15,19,21H,2-4H2,1H3/t15-/m0/s1. The highest BCUT2D eigenvalue weighted by molar-refractivity contribution is 7.92. The lowest BCUT2D eigenvalue weighted by atomic mass is 9.95. The number of ketones is 1. The molecule has 1 saturated carbocycles. The van der Waals surface area contributed by atoms with Crippen LogP contribution in [0.1, 0.15) is 36.3 Å². The number of carbonyl (C=O) groups excluding carboxylic acids is 1. The minimum atomic E-state index is -3.71. The molecule has 0 bridgehead atoms. The molecule has 0 aromatic heterocycles. The Labute approximate surface area is 141 Å². The molecule has 126 valence electrons. The zero-order chi connectivity index (χ0) is 17.3. The first-order chi connectivity index (χ1) is 11.4. The van der Waals surface area contributed by atoms with Gasteiger partial charge < -0.3 is 5.11 Å². The van der Waals surface area contributed by atoms with Crippen LogP contribution in [0.25, 0.3) is 0 Å². The predicted molar refractivity (Wildman–Crippen MR) is 91.7 cm³/mol. The lowest BCUT2D eigenvalue weighted by molar-refractivity contribution is -0.118. The van der Waals surface area contributed by atoms with Crippen molar-refractivity contribution in [3.63, 3.8) is 0 Å². The second kappa shape index (κ2) is 6.28. The highest BCUT2D eigenvalue weighted by atomic mass is 32.2. The third-order valence-electron chi connectivity index (χ3n) is 4.29. The first-order valence-electron chi connectivity index (χ1n) is 7.82. The van der Waals surface area contributed by atoms with Gasteiger partial charge in [0.1, 0.15) is 11.5 Å². The van der Waals surface area contributed by atoms with Crippen molar-refractivity contribution < 1.29 is 18.3 Å². The van der Waals surface area contributed by atoms with Gasteiger partial charge in [-0.15, -0.1) is 0 Å². The number of sulfonamides is 1. The molecule has 0 spiro atoms. The summed E-state index contributed by atoms with van der Waals surface area (Å²) in [6, 6.07) is 11.0. The molecule has 2 N–H and O–H groups in total. The van der Waals surface area contributed by atoms with Crippen molar-refractivity contribution >= 4 is 21.5 Å². The Bertz CT molecular complexity index is 872. The summed E-state index contributed by atoms with van der Waals surface area (Å²) in [7, 11) is -3.71. The quantitative estimate of drug-likeness (QED) is 0.833. The molecule has 5 nitrogen and oxygen atoms in total. The van der Waals surface area contributed by atoms with Crippen molar-refractivity contribution in [3.05, 3.63) is 53.6 Å². The van der Waals surface area contributed by atoms with E-state index in [0.717, 1.165) is 12.0 Å². The smallest absolute Gasteiger partial charge is 0.261 e. The Morgan fingerprint density at radius 2 is 1.83 bits per heavy atom. The van der Waals surface area contributed by atoms with E-state index in [0.29, 0.717) is 24.1 Å². The summed E-state index contributed by atoms with van der Waals surface area (Å²) < 4.78 is 27.4. The third-order valence-corrected chi connectivity index (χ3v) is 5.69. The minimum Gasteiger partial charge on any atom is -0.508 e. The topological polar surface area (TPSA) is 83.5 Å². The number of hydrogen-bond acceptors (Lipinski definition) is 4. The molecular formula is C18H19NO4S. The summed E-state index contributed by atoms with van der Waals surface area (Å²) in [5, 5.41) is 10.0. The summed E-state index contributed by atoms with van der Waals surface area (Å²) in [4.78, 5) is 12.1. The SMILES string of the molecule is Cc1ccc(S(=O)(=O)Nc2ccc(O)c([C@@H]3CCCC3=O)c2)cc1. The number of aryl methyl sites for hydroxylation is 1. The van der Waals surface area contributed by atoms with Crippen LogP contribution in [0.15, 0.2) is 47.4 Å². The van der Waals surface area contributed by atoms with Crippen molar-refractivity contribution in [3.8, 4) is 5.75 Å². The van der Waals surface area contributed by atoms with Crippen LogP contribution in [-0.4, -0.2) is 19.3 Å². The molecule has 1 atom stereocenters. The van der Waals surface area contributed by atoms with E-state index in [4.69, 9.17) is 0 Å². The van der Waals surface area contributed by atoms with Gasteiger partial charge in [-0.2, -0.15) is 0 Å². The number of phenols is 1. The number of phenolic OH excluding ortho intramolecular Hbond substituents is 1. The molecule has 0 heterocycles. The van der Waals surface area contributed by atoms with Crippen LogP contribution >= 0.6 is 0 Å². The monoisotopic (exact) mass is 345 g/mol. The van der Waals surface area contributed by atoms with Gasteiger partial charge in [-0.1, -0.05) is 17.7 Å². The average molecular weight is 345 g/mol. The number of benzene rings is 2. The molecule has 0 unspecified atom stereocenters. The second-order valence-electron chi connectivity index (χ2n) is 6.10. The van der Waals surface area contributed by atoms with E-state index in [1.807, 2.05) is 6.92 Å². The predicted octanol–water partition coefficient (Wildman–Crippen LogP) is 3.34. The lowest BCUT2D eigenvalue weighted by Crippen LogP contribution is -2.13. The van der Waals surface area contributed by atoms with Gasteiger partial charge in [0, 0.05) is 23.6 Å². The van der Waals surface area contributed by atoms with Crippen molar-refractivity contribution in [2.45, 2.75) is 37.0 Å². The normalized spacial score (nSPS) is 17.9. The molecule has 24 heavy (non-hydrogen) atoms. The van der Waals surface area contributed by atoms with Crippen molar-refractivity contribution in [1.82, 2.24) is 0 Å². The van der Waals surface area contributed by atoms with Crippen molar-refractivity contribution in [2.75, 3.05) is 4.72 Å². The number of carbonyl (C=O) groups is 1. The van der Waals surface area contributed by atoms with Gasteiger partial charge in [0.2, 0.25) is 0 Å². The Morgan fingerprint density at radius 3 is 2.46 bits per heavy atom. The zero-order valence-electron chi connectivity index (χ0n) is 13.3. The van der Waals surface area contributed by atoms with Gasteiger partial charge in [0.15, 0.2) is 0 Å². The van der Waals surface area contributed by atoms with Crippen LogP contribution in [0.4, 0.5) is 5.69 Å². The largest absolute Gasteiger partial charge is 0.508 e.